The predicted octanol–water partition coefficient (Wildman–Crippen LogP) is 2.44. The van der Waals surface area contributed by atoms with Gasteiger partial charge in [-0.25, -0.2) is 0 Å². The number of nitrogens with one attached hydrogen (secondary N) is 1. The SMILES string of the molecule is CC1(C)CN(CCCF)C(C(C)(C)C)CN1. The quantitative estimate of drug-likeness (QED) is 0.801. The maximum absolute atomic E-state index is 12.3. The number of nitrogens with zero attached hydrogens (tertiary/aromatic N) is 1. The Bertz CT molecular complexity index is 220. The van der Waals surface area contributed by atoms with E-state index in [1.807, 2.05) is 0 Å². The van der Waals surface area contributed by atoms with E-state index in [2.05, 4.69) is 44.8 Å². The molecule has 3 heteroatoms. The van der Waals surface area contributed by atoms with Crippen molar-refractivity contribution in [2.24, 2.45) is 5.41 Å². The summed E-state index contributed by atoms with van der Waals surface area (Å²) in [5.41, 5.74) is 0.401. The van der Waals surface area contributed by atoms with E-state index in [9.17, 15) is 4.39 Å². The molecule has 1 rings (SSSR count). The molecule has 0 aromatic rings. The summed E-state index contributed by atoms with van der Waals surface area (Å²) in [6.07, 6.45) is 0.655. The lowest BCUT2D eigenvalue weighted by Crippen LogP contribution is -2.64. The third kappa shape index (κ3) is 3.70. The van der Waals surface area contributed by atoms with Crippen molar-refractivity contribution >= 4 is 0 Å². The Labute approximate surface area is 99.6 Å². The summed E-state index contributed by atoms with van der Waals surface area (Å²) in [4.78, 5) is 2.45. The van der Waals surface area contributed by atoms with Crippen molar-refractivity contribution in [2.45, 2.75) is 52.6 Å². The van der Waals surface area contributed by atoms with Gasteiger partial charge in [-0.15, -0.1) is 0 Å². The Morgan fingerprint density at radius 2 is 2.00 bits per heavy atom. The van der Waals surface area contributed by atoms with Gasteiger partial charge in [0, 0.05) is 31.2 Å². The molecular formula is C13H27FN2. The van der Waals surface area contributed by atoms with Crippen LogP contribution in [0, 0.1) is 5.41 Å². The van der Waals surface area contributed by atoms with Gasteiger partial charge in [0.1, 0.15) is 0 Å². The van der Waals surface area contributed by atoms with Crippen LogP contribution in [0.2, 0.25) is 0 Å². The maximum atomic E-state index is 12.3. The molecule has 0 aromatic heterocycles. The number of piperazine rings is 1. The van der Waals surface area contributed by atoms with Gasteiger partial charge in [0.2, 0.25) is 0 Å². The summed E-state index contributed by atoms with van der Waals surface area (Å²) in [5.74, 6) is 0. The molecule has 0 amide bonds. The first-order valence-corrected chi connectivity index (χ1v) is 6.31. The third-order valence-corrected chi connectivity index (χ3v) is 3.39. The molecule has 1 atom stereocenters. The molecule has 1 N–H and O–H groups in total. The van der Waals surface area contributed by atoms with Gasteiger partial charge in [0.05, 0.1) is 6.67 Å². The summed E-state index contributed by atoms with van der Waals surface area (Å²) in [5, 5.41) is 3.59. The Morgan fingerprint density at radius 3 is 2.50 bits per heavy atom. The van der Waals surface area contributed by atoms with Crippen LogP contribution in [0.5, 0.6) is 0 Å². The van der Waals surface area contributed by atoms with Crippen LogP contribution < -0.4 is 5.32 Å². The third-order valence-electron chi connectivity index (χ3n) is 3.39. The number of rotatable bonds is 3. The van der Waals surface area contributed by atoms with Gasteiger partial charge < -0.3 is 5.32 Å². The number of hydrogen-bond acceptors (Lipinski definition) is 2. The van der Waals surface area contributed by atoms with Crippen LogP contribution in [-0.2, 0) is 0 Å². The van der Waals surface area contributed by atoms with Crippen molar-refractivity contribution in [3.05, 3.63) is 0 Å². The maximum Gasteiger partial charge on any atom is 0.0906 e. The van der Waals surface area contributed by atoms with Crippen molar-refractivity contribution in [2.75, 3.05) is 26.3 Å². The van der Waals surface area contributed by atoms with Crippen molar-refractivity contribution < 1.29 is 4.39 Å². The summed E-state index contributed by atoms with van der Waals surface area (Å²) >= 11 is 0. The number of alkyl halides is 1. The summed E-state index contributed by atoms with van der Waals surface area (Å²) in [6.45, 7) is 13.9. The topological polar surface area (TPSA) is 15.3 Å². The molecule has 0 saturated carbocycles. The zero-order chi connectivity index (χ0) is 12.4. The van der Waals surface area contributed by atoms with Crippen LogP contribution in [0.15, 0.2) is 0 Å². The molecule has 1 fully saturated rings. The zero-order valence-corrected chi connectivity index (χ0v) is 11.4. The van der Waals surface area contributed by atoms with Gasteiger partial charge in [-0.2, -0.15) is 0 Å². The zero-order valence-electron chi connectivity index (χ0n) is 11.4. The highest BCUT2D eigenvalue weighted by Gasteiger charge is 2.37. The predicted molar refractivity (Wildman–Crippen MR) is 67.5 cm³/mol. The van der Waals surface area contributed by atoms with Gasteiger partial charge in [0.15, 0.2) is 0 Å². The fourth-order valence-electron chi connectivity index (χ4n) is 2.53. The van der Waals surface area contributed by atoms with E-state index in [4.69, 9.17) is 0 Å². The first-order valence-electron chi connectivity index (χ1n) is 6.31. The number of hydrogen-bond donors (Lipinski definition) is 1. The average molecular weight is 230 g/mol. The summed E-state index contributed by atoms with van der Waals surface area (Å²) in [7, 11) is 0. The molecule has 1 heterocycles. The lowest BCUT2D eigenvalue weighted by molar-refractivity contribution is 0.0313. The first-order chi connectivity index (χ1) is 7.26. The second kappa shape index (κ2) is 5.01. The number of halogens is 1. The molecule has 1 aliphatic heterocycles. The highest BCUT2D eigenvalue weighted by molar-refractivity contribution is 4.96. The van der Waals surface area contributed by atoms with E-state index in [-0.39, 0.29) is 17.6 Å². The summed E-state index contributed by atoms with van der Waals surface area (Å²) in [6, 6.07) is 0.507. The van der Waals surface area contributed by atoms with Crippen LogP contribution in [0.25, 0.3) is 0 Å². The van der Waals surface area contributed by atoms with E-state index in [1.165, 1.54) is 0 Å². The van der Waals surface area contributed by atoms with E-state index in [0.29, 0.717) is 12.5 Å². The smallest absolute Gasteiger partial charge is 0.0906 e. The van der Waals surface area contributed by atoms with Gasteiger partial charge >= 0.3 is 0 Å². The van der Waals surface area contributed by atoms with Crippen LogP contribution >= 0.6 is 0 Å². The van der Waals surface area contributed by atoms with Crippen LogP contribution in [0.3, 0.4) is 0 Å². The fraction of sp³-hybridized carbons (Fsp3) is 1.00. The molecule has 0 aromatic carbocycles. The minimum Gasteiger partial charge on any atom is -0.309 e. The highest BCUT2D eigenvalue weighted by atomic mass is 19.1. The van der Waals surface area contributed by atoms with Crippen molar-refractivity contribution in [3.63, 3.8) is 0 Å². The minimum absolute atomic E-state index is 0.151. The van der Waals surface area contributed by atoms with E-state index < -0.39 is 0 Å². The van der Waals surface area contributed by atoms with Crippen LogP contribution in [0.4, 0.5) is 4.39 Å². The van der Waals surface area contributed by atoms with Gasteiger partial charge in [-0.05, 0) is 25.7 Å². The molecule has 0 aliphatic carbocycles. The molecule has 1 aliphatic rings. The molecular weight excluding hydrogens is 203 g/mol. The second-order valence-corrected chi connectivity index (χ2v) is 6.66. The molecule has 0 bridgehead atoms. The van der Waals surface area contributed by atoms with E-state index >= 15 is 0 Å². The van der Waals surface area contributed by atoms with Gasteiger partial charge in [0.25, 0.3) is 0 Å². The lowest BCUT2D eigenvalue weighted by Gasteiger charge is -2.49. The monoisotopic (exact) mass is 230 g/mol. The first kappa shape index (κ1) is 13.9. The molecule has 16 heavy (non-hydrogen) atoms. The molecule has 1 saturated heterocycles. The van der Waals surface area contributed by atoms with Gasteiger partial charge in [-0.3, -0.25) is 9.29 Å². The van der Waals surface area contributed by atoms with Crippen LogP contribution in [-0.4, -0.2) is 42.8 Å². The molecule has 1 unspecified atom stereocenters. The molecule has 0 radical (unpaired) electrons. The molecule has 2 nitrogen and oxygen atoms in total. The second-order valence-electron chi connectivity index (χ2n) is 6.66. The van der Waals surface area contributed by atoms with Crippen molar-refractivity contribution in [1.29, 1.82) is 0 Å². The van der Waals surface area contributed by atoms with Gasteiger partial charge in [-0.1, -0.05) is 20.8 Å². The minimum atomic E-state index is -0.207. The van der Waals surface area contributed by atoms with Crippen molar-refractivity contribution in [3.8, 4) is 0 Å². The standard InChI is InChI=1S/C13H27FN2/c1-12(2,3)11-9-15-13(4,5)10-16(11)8-6-7-14/h11,15H,6-10H2,1-5H3. The average Bonchev–Trinajstić information content (AvgIpc) is 2.11. The van der Waals surface area contributed by atoms with Crippen LogP contribution in [0.1, 0.15) is 41.0 Å². The summed E-state index contributed by atoms with van der Waals surface area (Å²) < 4.78 is 12.3. The Balaban J connectivity index is 2.68. The van der Waals surface area contributed by atoms with E-state index in [1.54, 1.807) is 0 Å². The Morgan fingerprint density at radius 1 is 1.38 bits per heavy atom. The molecule has 0 spiro atoms. The largest absolute Gasteiger partial charge is 0.309 e. The Kier molecular flexibility index (Phi) is 4.35. The fourth-order valence-corrected chi connectivity index (χ4v) is 2.53. The molecule has 96 valence electrons. The highest BCUT2D eigenvalue weighted by Crippen LogP contribution is 2.28. The Hall–Kier alpha value is -0.150. The normalized spacial score (nSPS) is 27.0. The lowest BCUT2D eigenvalue weighted by atomic mass is 9.82. The van der Waals surface area contributed by atoms with Crippen molar-refractivity contribution in [1.82, 2.24) is 10.2 Å². The van der Waals surface area contributed by atoms with E-state index in [0.717, 1.165) is 19.6 Å².